The molecule has 0 unspecified atom stereocenters. The average Bonchev–Trinajstić information content (AvgIpc) is 2.95. The molecule has 0 radical (unpaired) electrons. The minimum atomic E-state index is -3.34. The minimum Gasteiger partial charge on any atom is -0.390 e. The molecule has 7 nitrogen and oxygen atoms in total. The van der Waals surface area contributed by atoms with Crippen LogP contribution < -0.4 is 5.73 Å². The van der Waals surface area contributed by atoms with E-state index in [-0.39, 0.29) is 12.4 Å². The van der Waals surface area contributed by atoms with Gasteiger partial charge in [-0.15, -0.1) is 0 Å². The first-order valence-electron chi connectivity index (χ1n) is 7.69. The van der Waals surface area contributed by atoms with Gasteiger partial charge in [0.1, 0.15) is 5.82 Å². The predicted molar refractivity (Wildman–Crippen MR) is 97.5 cm³/mol. The van der Waals surface area contributed by atoms with Gasteiger partial charge >= 0.3 is 0 Å². The lowest BCUT2D eigenvalue weighted by Crippen LogP contribution is -2.28. The third-order valence-electron chi connectivity index (χ3n) is 4.43. The van der Waals surface area contributed by atoms with Crippen LogP contribution in [0, 0.1) is 0 Å². The fraction of sp³-hybridized carbons (Fsp3) is 0.294. The summed E-state index contributed by atoms with van der Waals surface area (Å²) < 4.78 is 23.1. The molecule has 0 atom stereocenters. The molecule has 25 heavy (non-hydrogen) atoms. The molecule has 0 amide bonds. The monoisotopic (exact) mass is 360 g/mol. The van der Waals surface area contributed by atoms with Crippen LogP contribution >= 0.6 is 0 Å². The number of fused-ring (bicyclic) bond motifs is 1. The van der Waals surface area contributed by atoms with Crippen LogP contribution in [0.1, 0.15) is 25.1 Å². The summed E-state index contributed by atoms with van der Waals surface area (Å²) in [5.41, 5.74) is 9.69. The van der Waals surface area contributed by atoms with E-state index in [1.165, 1.54) is 6.26 Å². The van der Waals surface area contributed by atoms with Crippen LogP contribution in [-0.2, 0) is 21.2 Å². The van der Waals surface area contributed by atoms with Crippen molar-refractivity contribution in [3.63, 3.8) is 0 Å². The Labute approximate surface area is 145 Å². The number of nitrogens with two attached hydrogens (primary N) is 1. The Kier molecular flexibility index (Phi) is 4.04. The Morgan fingerprint density at radius 2 is 1.88 bits per heavy atom. The number of hydrogen-bond acceptors (Lipinski definition) is 6. The SMILES string of the molecule is CC(C)(c1cc(N)nc(-c2ccc3[nH]c(CO)cc3n2)c1)S(C)(=O)=O. The molecular formula is C17H20N4O3S. The van der Waals surface area contributed by atoms with Crippen LogP contribution in [0.5, 0.6) is 0 Å². The Hall–Kier alpha value is -2.45. The smallest absolute Gasteiger partial charge is 0.156 e. The standard InChI is InChI=1S/C17H20N4O3S/c1-17(2,25(3,23)24)10-6-14(21-16(18)7-10)13-5-4-12-15(20-13)8-11(9-22)19-12/h4-8,19,22H,9H2,1-3H3,(H2,18,21). The van der Waals surface area contributed by atoms with Crippen LogP contribution in [0.4, 0.5) is 5.82 Å². The van der Waals surface area contributed by atoms with Gasteiger partial charge in [-0.1, -0.05) is 0 Å². The molecule has 0 aliphatic carbocycles. The van der Waals surface area contributed by atoms with Crippen molar-refractivity contribution in [3.8, 4) is 11.4 Å². The number of hydrogen-bond donors (Lipinski definition) is 3. The molecule has 132 valence electrons. The number of nitrogens with zero attached hydrogens (tertiary/aromatic N) is 2. The molecule has 3 heterocycles. The first-order chi connectivity index (χ1) is 11.6. The van der Waals surface area contributed by atoms with Gasteiger partial charge in [-0.05, 0) is 49.7 Å². The van der Waals surface area contributed by atoms with Gasteiger partial charge in [0, 0.05) is 11.9 Å². The maximum atomic E-state index is 12.1. The Morgan fingerprint density at radius 1 is 1.16 bits per heavy atom. The van der Waals surface area contributed by atoms with Crippen molar-refractivity contribution >= 4 is 26.7 Å². The van der Waals surface area contributed by atoms with Crippen molar-refractivity contribution in [2.45, 2.75) is 25.2 Å². The fourth-order valence-corrected chi connectivity index (χ4v) is 3.08. The number of rotatable bonds is 4. The summed E-state index contributed by atoms with van der Waals surface area (Å²) in [4.78, 5) is 11.9. The number of aromatic amines is 1. The lowest BCUT2D eigenvalue weighted by molar-refractivity contribution is 0.278. The number of aliphatic hydroxyl groups is 1. The van der Waals surface area contributed by atoms with Gasteiger partial charge in [0.15, 0.2) is 9.84 Å². The third kappa shape index (κ3) is 3.10. The summed E-state index contributed by atoms with van der Waals surface area (Å²) in [6.07, 6.45) is 1.20. The molecule has 0 fully saturated rings. The summed E-state index contributed by atoms with van der Waals surface area (Å²) in [5.74, 6) is 0.233. The number of aromatic nitrogens is 3. The number of nitrogen functional groups attached to an aromatic ring is 1. The van der Waals surface area contributed by atoms with Gasteiger partial charge in [0.2, 0.25) is 0 Å². The lowest BCUT2D eigenvalue weighted by atomic mass is 10.0. The van der Waals surface area contributed by atoms with E-state index in [1.54, 1.807) is 38.1 Å². The highest BCUT2D eigenvalue weighted by Gasteiger charge is 2.33. The van der Waals surface area contributed by atoms with Crippen LogP contribution in [-0.4, -0.2) is 34.7 Å². The van der Waals surface area contributed by atoms with Crippen molar-refractivity contribution in [1.82, 2.24) is 15.0 Å². The second-order valence-corrected chi connectivity index (χ2v) is 9.10. The third-order valence-corrected chi connectivity index (χ3v) is 6.52. The quantitative estimate of drug-likeness (QED) is 0.654. The zero-order valence-corrected chi connectivity index (χ0v) is 15.1. The van der Waals surface area contributed by atoms with Gasteiger partial charge in [0.25, 0.3) is 0 Å². The van der Waals surface area contributed by atoms with E-state index in [9.17, 15) is 13.5 Å². The number of sulfone groups is 1. The highest BCUT2D eigenvalue weighted by molar-refractivity contribution is 7.91. The second kappa shape index (κ2) is 5.82. The van der Waals surface area contributed by atoms with E-state index in [0.29, 0.717) is 28.2 Å². The largest absolute Gasteiger partial charge is 0.390 e. The number of nitrogens with one attached hydrogen (secondary N) is 1. The Bertz CT molecular complexity index is 1050. The summed E-state index contributed by atoms with van der Waals surface area (Å²) in [6.45, 7) is 3.17. The van der Waals surface area contributed by atoms with Crippen molar-refractivity contribution < 1.29 is 13.5 Å². The topological polar surface area (TPSA) is 122 Å². The predicted octanol–water partition coefficient (Wildman–Crippen LogP) is 1.98. The lowest BCUT2D eigenvalue weighted by Gasteiger charge is -2.23. The summed E-state index contributed by atoms with van der Waals surface area (Å²) in [6, 6.07) is 8.64. The van der Waals surface area contributed by atoms with Gasteiger partial charge < -0.3 is 15.8 Å². The number of pyridine rings is 2. The average molecular weight is 360 g/mol. The van der Waals surface area contributed by atoms with Crippen LogP contribution in [0.15, 0.2) is 30.3 Å². The first kappa shape index (κ1) is 17.4. The van der Waals surface area contributed by atoms with E-state index < -0.39 is 14.6 Å². The van der Waals surface area contributed by atoms with E-state index in [4.69, 9.17) is 5.73 Å². The number of anilines is 1. The van der Waals surface area contributed by atoms with Crippen molar-refractivity contribution in [2.75, 3.05) is 12.0 Å². The van der Waals surface area contributed by atoms with E-state index >= 15 is 0 Å². The van der Waals surface area contributed by atoms with Crippen LogP contribution in [0.3, 0.4) is 0 Å². The normalized spacial score (nSPS) is 12.6. The molecule has 0 aliphatic heterocycles. The van der Waals surface area contributed by atoms with E-state index in [0.717, 1.165) is 5.52 Å². The molecule has 3 aromatic heterocycles. The molecule has 0 bridgehead atoms. The van der Waals surface area contributed by atoms with Crippen molar-refractivity contribution in [3.05, 3.63) is 41.6 Å². The zero-order chi connectivity index (χ0) is 18.4. The maximum absolute atomic E-state index is 12.1. The van der Waals surface area contributed by atoms with Gasteiger partial charge in [0.05, 0.1) is 33.8 Å². The van der Waals surface area contributed by atoms with Crippen molar-refractivity contribution in [2.24, 2.45) is 0 Å². The molecule has 0 aromatic carbocycles. The Balaban J connectivity index is 2.15. The van der Waals surface area contributed by atoms with Crippen molar-refractivity contribution in [1.29, 1.82) is 0 Å². The second-order valence-electron chi connectivity index (χ2n) is 6.53. The molecule has 0 saturated heterocycles. The summed E-state index contributed by atoms with van der Waals surface area (Å²) >= 11 is 0. The van der Waals surface area contributed by atoms with Gasteiger partial charge in [-0.25, -0.2) is 18.4 Å². The molecule has 4 N–H and O–H groups in total. The zero-order valence-electron chi connectivity index (χ0n) is 14.2. The molecule has 0 aliphatic rings. The molecular weight excluding hydrogens is 340 g/mol. The minimum absolute atomic E-state index is 0.102. The van der Waals surface area contributed by atoms with Gasteiger partial charge in [-0.2, -0.15) is 0 Å². The molecule has 3 aromatic rings. The number of aliphatic hydroxyl groups excluding tert-OH is 1. The summed E-state index contributed by atoms with van der Waals surface area (Å²) in [7, 11) is -3.34. The Morgan fingerprint density at radius 3 is 2.52 bits per heavy atom. The number of H-pyrrole nitrogens is 1. The molecule has 0 spiro atoms. The molecule has 8 heteroatoms. The summed E-state index contributed by atoms with van der Waals surface area (Å²) in [5, 5.41) is 9.22. The van der Waals surface area contributed by atoms with Gasteiger partial charge in [-0.3, -0.25) is 0 Å². The highest BCUT2D eigenvalue weighted by Crippen LogP contribution is 2.32. The molecule has 0 saturated carbocycles. The van der Waals surface area contributed by atoms with E-state index in [2.05, 4.69) is 15.0 Å². The maximum Gasteiger partial charge on any atom is 0.156 e. The highest BCUT2D eigenvalue weighted by atomic mass is 32.2. The first-order valence-corrected chi connectivity index (χ1v) is 9.58. The van der Waals surface area contributed by atoms with E-state index in [1.807, 2.05) is 6.07 Å². The van der Waals surface area contributed by atoms with Crippen LogP contribution in [0.25, 0.3) is 22.4 Å². The van der Waals surface area contributed by atoms with Crippen LogP contribution in [0.2, 0.25) is 0 Å². The fourth-order valence-electron chi connectivity index (χ4n) is 2.54. The molecule has 3 rings (SSSR count).